The summed E-state index contributed by atoms with van der Waals surface area (Å²) in [5.41, 5.74) is 3.10. The van der Waals surface area contributed by atoms with Gasteiger partial charge in [0.1, 0.15) is 5.82 Å². The number of hydrogen-bond acceptors (Lipinski definition) is 4. The van der Waals surface area contributed by atoms with E-state index >= 15 is 0 Å². The predicted molar refractivity (Wildman–Crippen MR) is 102 cm³/mol. The summed E-state index contributed by atoms with van der Waals surface area (Å²) >= 11 is 0. The van der Waals surface area contributed by atoms with Crippen molar-refractivity contribution in [3.05, 3.63) is 59.4 Å². The number of halogens is 1. The second kappa shape index (κ2) is 8.21. The second-order valence-corrected chi connectivity index (χ2v) is 6.79. The molecule has 3 rings (SSSR count). The lowest BCUT2D eigenvalue weighted by molar-refractivity contribution is -0.151. The highest BCUT2D eigenvalue weighted by molar-refractivity contribution is 6.00. The van der Waals surface area contributed by atoms with E-state index in [1.54, 1.807) is 4.90 Å². The molecule has 0 aliphatic carbocycles. The Hall–Kier alpha value is -3.22. The van der Waals surface area contributed by atoms with Crippen molar-refractivity contribution in [2.24, 2.45) is 5.92 Å². The molecular weight excluding hydrogens is 363 g/mol. The summed E-state index contributed by atoms with van der Waals surface area (Å²) < 4.78 is 18.2. The average molecular weight is 384 g/mol. The van der Waals surface area contributed by atoms with E-state index in [-0.39, 0.29) is 24.6 Å². The van der Waals surface area contributed by atoms with Crippen molar-refractivity contribution >= 4 is 29.2 Å². The van der Waals surface area contributed by atoms with Crippen molar-refractivity contribution in [1.29, 1.82) is 0 Å². The maximum atomic E-state index is 13.1. The maximum Gasteiger partial charge on any atom is 0.311 e. The van der Waals surface area contributed by atoms with Crippen LogP contribution in [0, 0.1) is 25.6 Å². The molecular formula is C21H21FN2O4. The number of aryl methyl sites for hydroxylation is 1. The molecule has 0 aromatic heterocycles. The first kappa shape index (κ1) is 19.5. The Kier molecular flexibility index (Phi) is 5.73. The molecule has 0 unspecified atom stereocenters. The van der Waals surface area contributed by atoms with E-state index in [4.69, 9.17) is 4.74 Å². The molecule has 1 aliphatic rings. The van der Waals surface area contributed by atoms with Gasteiger partial charge in [-0.2, -0.15) is 0 Å². The topological polar surface area (TPSA) is 75.7 Å². The lowest BCUT2D eigenvalue weighted by atomic mass is 10.1. The molecule has 1 fully saturated rings. The molecule has 2 amide bonds. The van der Waals surface area contributed by atoms with Crippen LogP contribution in [-0.2, 0) is 19.1 Å². The molecule has 1 heterocycles. The number of carbonyl (C=O) groups excluding carboxylic acids is 3. The van der Waals surface area contributed by atoms with Crippen LogP contribution in [0.4, 0.5) is 15.8 Å². The van der Waals surface area contributed by atoms with Gasteiger partial charge in [0.15, 0.2) is 6.61 Å². The molecule has 1 aliphatic heterocycles. The number of anilines is 2. The van der Waals surface area contributed by atoms with Gasteiger partial charge < -0.3 is 15.0 Å². The summed E-state index contributed by atoms with van der Waals surface area (Å²) in [6, 6.07) is 11.1. The Labute approximate surface area is 162 Å². The highest BCUT2D eigenvalue weighted by Gasteiger charge is 2.37. The predicted octanol–water partition coefficient (Wildman–Crippen LogP) is 2.98. The first-order valence-electron chi connectivity index (χ1n) is 8.94. The fourth-order valence-corrected chi connectivity index (χ4v) is 3.14. The molecule has 0 bridgehead atoms. The number of amides is 2. The first-order chi connectivity index (χ1) is 13.3. The van der Waals surface area contributed by atoms with Gasteiger partial charge in [0.2, 0.25) is 5.91 Å². The van der Waals surface area contributed by atoms with E-state index in [1.807, 2.05) is 32.0 Å². The van der Waals surface area contributed by atoms with Gasteiger partial charge in [0, 0.05) is 24.3 Å². The highest BCUT2D eigenvalue weighted by Crippen LogP contribution is 2.29. The van der Waals surface area contributed by atoms with Gasteiger partial charge in [0.25, 0.3) is 5.91 Å². The maximum absolute atomic E-state index is 13.1. The van der Waals surface area contributed by atoms with E-state index in [0.29, 0.717) is 0 Å². The largest absolute Gasteiger partial charge is 0.455 e. The second-order valence-electron chi connectivity index (χ2n) is 6.79. The number of rotatable bonds is 5. The smallest absolute Gasteiger partial charge is 0.311 e. The van der Waals surface area contributed by atoms with Gasteiger partial charge in [-0.1, -0.05) is 18.2 Å². The Bertz CT molecular complexity index is 928. The molecule has 1 atom stereocenters. The Morgan fingerprint density at radius 3 is 2.71 bits per heavy atom. The van der Waals surface area contributed by atoms with Crippen LogP contribution in [0.3, 0.4) is 0 Å². The van der Waals surface area contributed by atoms with Crippen molar-refractivity contribution in [1.82, 2.24) is 0 Å². The van der Waals surface area contributed by atoms with Crippen LogP contribution in [0.2, 0.25) is 0 Å². The normalized spacial score (nSPS) is 16.2. The number of esters is 1. The Morgan fingerprint density at radius 2 is 1.96 bits per heavy atom. The molecule has 2 aromatic carbocycles. The third-order valence-electron chi connectivity index (χ3n) is 4.78. The Morgan fingerprint density at radius 1 is 1.21 bits per heavy atom. The fourth-order valence-electron chi connectivity index (χ4n) is 3.14. The Balaban J connectivity index is 1.56. The molecule has 146 valence electrons. The van der Waals surface area contributed by atoms with Gasteiger partial charge in [0.05, 0.1) is 5.92 Å². The minimum Gasteiger partial charge on any atom is -0.455 e. The fraction of sp³-hybridized carbons (Fsp3) is 0.286. The molecule has 28 heavy (non-hydrogen) atoms. The van der Waals surface area contributed by atoms with Crippen LogP contribution in [0.25, 0.3) is 0 Å². The molecule has 0 radical (unpaired) electrons. The summed E-state index contributed by atoms with van der Waals surface area (Å²) in [6.45, 7) is 3.61. The number of benzene rings is 2. The van der Waals surface area contributed by atoms with Gasteiger partial charge in [-0.25, -0.2) is 4.39 Å². The molecule has 6 nitrogen and oxygen atoms in total. The van der Waals surface area contributed by atoms with E-state index in [9.17, 15) is 18.8 Å². The lowest BCUT2D eigenvalue weighted by Crippen LogP contribution is -2.28. The third-order valence-corrected chi connectivity index (χ3v) is 4.78. The molecule has 1 saturated heterocycles. The van der Waals surface area contributed by atoms with E-state index < -0.39 is 30.2 Å². The molecule has 7 heteroatoms. The standard InChI is InChI=1S/C21H21FN2O4/c1-13-5-3-8-18(14(13)2)24-11-15(9-20(24)26)21(27)28-12-19(25)23-17-7-4-6-16(22)10-17/h3-8,10,15H,9,11-12H2,1-2H3,(H,23,25)/t15-/m0/s1. The van der Waals surface area contributed by atoms with E-state index in [2.05, 4.69) is 5.32 Å². The van der Waals surface area contributed by atoms with Gasteiger partial charge in [-0.3, -0.25) is 14.4 Å². The lowest BCUT2D eigenvalue weighted by Gasteiger charge is -2.20. The number of hydrogen-bond donors (Lipinski definition) is 1. The van der Waals surface area contributed by atoms with Crippen LogP contribution in [0.1, 0.15) is 17.5 Å². The van der Waals surface area contributed by atoms with Crippen LogP contribution < -0.4 is 10.2 Å². The minimum absolute atomic E-state index is 0.0394. The quantitative estimate of drug-likeness (QED) is 0.804. The van der Waals surface area contributed by atoms with Crippen molar-refractivity contribution in [2.45, 2.75) is 20.3 Å². The summed E-state index contributed by atoms with van der Waals surface area (Å²) in [5.74, 6) is -2.44. The summed E-state index contributed by atoms with van der Waals surface area (Å²) in [4.78, 5) is 38.1. The summed E-state index contributed by atoms with van der Waals surface area (Å²) in [6.07, 6.45) is 0.0394. The van der Waals surface area contributed by atoms with Gasteiger partial charge in [-0.15, -0.1) is 0 Å². The summed E-state index contributed by atoms with van der Waals surface area (Å²) in [5, 5.41) is 2.45. The van der Waals surface area contributed by atoms with Gasteiger partial charge >= 0.3 is 5.97 Å². The number of carbonyl (C=O) groups is 3. The molecule has 1 N–H and O–H groups in total. The van der Waals surface area contributed by atoms with Crippen molar-refractivity contribution < 1.29 is 23.5 Å². The van der Waals surface area contributed by atoms with Crippen LogP contribution >= 0.6 is 0 Å². The van der Waals surface area contributed by atoms with Crippen molar-refractivity contribution in [2.75, 3.05) is 23.4 Å². The molecule has 0 saturated carbocycles. The number of nitrogens with zero attached hydrogens (tertiary/aromatic N) is 1. The van der Waals surface area contributed by atoms with E-state index in [0.717, 1.165) is 22.9 Å². The average Bonchev–Trinajstić information content (AvgIpc) is 3.04. The monoisotopic (exact) mass is 384 g/mol. The summed E-state index contributed by atoms with van der Waals surface area (Å²) in [7, 11) is 0. The molecule has 0 spiro atoms. The van der Waals surface area contributed by atoms with E-state index in [1.165, 1.54) is 18.2 Å². The zero-order valence-corrected chi connectivity index (χ0v) is 15.7. The first-order valence-corrected chi connectivity index (χ1v) is 8.94. The van der Waals surface area contributed by atoms with Crippen LogP contribution in [0.5, 0.6) is 0 Å². The van der Waals surface area contributed by atoms with Crippen LogP contribution in [-0.4, -0.2) is 30.9 Å². The zero-order chi connectivity index (χ0) is 20.3. The van der Waals surface area contributed by atoms with Gasteiger partial charge in [-0.05, 0) is 49.2 Å². The minimum atomic E-state index is -0.630. The third kappa shape index (κ3) is 4.36. The number of nitrogens with one attached hydrogen (secondary N) is 1. The highest BCUT2D eigenvalue weighted by atomic mass is 19.1. The zero-order valence-electron chi connectivity index (χ0n) is 15.7. The van der Waals surface area contributed by atoms with Crippen molar-refractivity contribution in [3.63, 3.8) is 0 Å². The SMILES string of the molecule is Cc1cccc(N2C[C@@H](C(=O)OCC(=O)Nc3cccc(F)c3)CC2=O)c1C. The molecule has 2 aromatic rings. The van der Waals surface area contributed by atoms with Crippen molar-refractivity contribution in [3.8, 4) is 0 Å². The number of ether oxygens (including phenoxy) is 1. The van der Waals surface area contributed by atoms with Crippen LogP contribution in [0.15, 0.2) is 42.5 Å².